The summed E-state index contributed by atoms with van der Waals surface area (Å²) in [6.45, 7) is 8.75. The molecule has 0 radical (unpaired) electrons. The van der Waals surface area contributed by atoms with Gasteiger partial charge in [0, 0.05) is 25.5 Å². The molecule has 3 heterocycles. The van der Waals surface area contributed by atoms with Crippen molar-refractivity contribution < 1.29 is 4.74 Å². The predicted molar refractivity (Wildman–Crippen MR) is 112 cm³/mol. The Labute approximate surface area is 167 Å². The molecule has 0 amide bonds. The fourth-order valence-corrected chi connectivity index (χ4v) is 3.75. The van der Waals surface area contributed by atoms with E-state index in [4.69, 9.17) is 4.74 Å². The third kappa shape index (κ3) is 2.86. The standard InChI is InChI=1S/C21H25N5O3/c1-6-29-16-10-8-7-9-15(16)26-14(4)12-24-17-18(22-20(24)26)23(5)21(28)25(19(17)27)11-13(2)3/h7-10,12-13H,6,11H2,1-5H3. The van der Waals surface area contributed by atoms with Crippen molar-refractivity contribution in [3.8, 4) is 11.4 Å². The highest BCUT2D eigenvalue weighted by atomic mass is 16.5. The quantitative estimate of drug-likeness (QED) is 0.520. The Morgan fingerprint density at radius 1 is 1.17 bits per heavy atom. The molecule has 0 spiro atoms. The molecule has 0 N–H and O–H groups in total. The number of para-hydroxylation sites is 2. The van der Waals surface area contributed by atoms with Crippen molar-refractivity contribution in [3.63, 3.8) is 0 Å². The molecular weight excluding hydrogens is 370 g/mol. The first-order chi connectivity index (χ1) is 13.8. The fraction of sp³-hybridized carbons (Fsp3) is 0.381. The predicted octanol–water partition coefficient (Wildman–Crippen LogP) is 2.50. The van der Waals surface area contributed by atoms with Crippen molar-refractivity contribution in [1.29, 1.82) is 0 Å². The lowest BCUT2D eigenvalue weighted by molar-refractivity contribution is 0.339. The molecule has 1 aromatic carbocycles. The molecule has 0 atom stereocenters. The Morgan fingerprint density at radius 3 is 2.59 bits per heavy atom. The van der Waals surface area contributed by atoms with Crippen molar-refractivity contribution in [2.75, 3.05) is 6.61 Å². The normalized spacial score (nSPS) is 11.8. The monoisotopic (exact) mass is 395 g/mol. The smallest absolute Gasteiger partial charge is 0.332 e. The molecule has 0 aliphatic heterocycles. The molecule has 8 heteroatoms. The first kappa shape index (κ1) is 19.0. The summed E-state index contributed by atoms with van der Waals surface area (Å²) in [5.74, 6) is 1.47. The largest absolute Gasteiger partial charge is 0.492 e. The van der Waals surface area contributed by atoms with E-state index >= 15 is 0 Å². The van der Waals surface area contributed by atoms with Crippen LogP contribution in [0.3, 0.4) is 0 Å². The van der Waals surface area contributed by atoms with Crippen LogP contribution in [0.5, 0.6) is 5.75 Å². The van der Waals surface area contributed by atoms with E-state index in [0.717, 1.165) is 17.1 Å². The molecule has 0 aliphatic rings. The van der Waals surface area contributed by atoms with Gasteiger partial charge < -0.3 is 4.74 Å². The second kappa shape index (κ2) is 6.95. The van der Waals surface area contributed by atoms with E-state index < -0.39 is 0 Å². The van der Waals surface area contributed by atoms with E-state index in [0.29, 0.717) is 30.1 Å². The zero-order chi connectivity index (χ0) is 20.9. The Balaban J connectivity index is 2.09. The van der Waals surface area contributed by atoms with Gasteiger partial charge in [0.1, 0.15) is 5.75 Å². The summed E-state index contributed by atoms with van der Waals surface area (Å²) in [5.41, 5.74) is 1.85. The van der Waals surface area contributed by atoms with Crippen molar-refractivity contribution in [1.82, 2.24) is 23.1 Å². The van der Waals surface area contributed by atoms with Gasteiger partial charge in [-0.05, 0) is 31.9 Å². The zero-order valence-corrected chi connectivity index (χ0v) is 17.3. The van der Waals surface area contributed by atoms with E-state index in [9.17, 15) is 9.59 Å². The van der Waals surface area contributed by atoms with E-state index in [-0.39, 0.29) is 17.2 Å². The summed E-state index contributed by atoms with van der Waals surface area (Å²) in [6, 6.07) is 7.71. The number of aromatic nitrogens is 5. The van der Waals surface area contributed by atoms with Crippen LogP contribution in [0.4, 0.5) is 0 Å². The average molecular weight is 395 g/mol. The average Bonchev–Trinajstić information content (AvgIpc) is 3.19. The first-order valence-electron chi connectivity index (χ1n) is 9.77. The molecule has 3 aromatic heterocycles. The minimum Gasteiger partial charge on any atom is -0.492 e. The number of hydrogen-bond donors (Lipinski definition) is 0. The lowest BCUT2D eigenvalue weighted by Gasteiger charge is -2.12. The van der Waals surface area contributed by atoms with Crippen LogP contribution in [0.2, 0.25) is 0 Å². The van der Waals surface area contributed by atoms with Crippen LogP contribution in [0.25, 0.3) is 22.6 Å². The number of nitrogens with zero attached hydrogens (tertiary/aromatic N) is 5. The number of imidazole rings is 2. The maximum absolute atomic E-state index is 13.2. The van der Waals surface area contributed by atoms with Gasteiger partial charge in [0.25, 0.3) is 5.56 Å². The van der Waals surface area contributed by atoms with Crippen molar-refractivity contribution >= 4 is 16.9 Å². The third-order valence-electron chi connectivity index (χ3n) is 4.98. The SMILES string of the molecule is CCOc1ccccc1-n1c(C)cn2c3c(=O)n(CC(C)C)c(=O)n(C)c3nc12. The van der Waals surface area contributed by atoms with Crippen LogP contribution >= 0.6 is 0 Å². The Morgan fingerprint density at radius 2 is 1.90 bits per heavy atom. The first-order valence-corrected chi connectivity index (χ1v) is 9.77. The number of benzene rings is 1. The topological polar surface area (TPSA) is 75.5 Å². The number of rotatable bonds is 5. The molecule has 0 saturated heterocycles. The van der Waals surface area contributed by atoms with Gasteiger partial charge in [-0.3, -0.25) is 22.9 Å². The van der Waals surface area contributed by atoms with Crippen molar-refractivity contribution in [2.45, 2.75) is 34.2 Å². The molecule has 8 nitrogen and oxygen atoms in total. The third-order valence-corrected chi connectivity index (χ3v) is 4.98. The Bertz CT molecular complexity index is 1340. The van der Waals surface area contributed by atoms with Gasteiger partial charge in [-0.25, -0.2) is 4.79 Å². The van der Waals surface area contributed by atoms with E-state index in [1.807, 2.05) is 62.7 Å². The number of hydrogen-bond acceptors (Lipinski definition) is 4. The van der Waals surface area contributed by atoms with Gasteiger partial charge in [0.2, 0.25) is 5.78 Å². The number of aryl methyl sites for hydroxylation is 2. The van der Waals surface area contributed by atoms with Crippen LogP contribution in [0.15, 0.2) is 40.1 Å². The maximum Gasteiger partial charge on any atom is 0.332 e. The molecule has 0 bridgehead atoms. The lowest BCUT2D eigenvalue weighted by Crippen LogP contribution is -2.40. The molecule has 0 aliphatic carbocycles. The van der Waals surface area contributed by atoms with Gasteiger partial charge in [0.05, 0.1) is 12.3 Å². The van der Waals surface area contributed by atoms with Gasteiger partial charge in [0.15, 0.2) is 11.2 Å². The highest BCUT2D eigenvalue weighted by Crippen LogP contribution is 2.27. The van der Waals surface area contributed by atoms with Crippen LogP contribution in [0.1, 0.15) is 26.5 Å². The van der Waals surface area contributed by atoms with Crippen LogP contribution in [-0.2, 0) is 13.6 Å². The summed E-state index contributed by atoms with van der Waals surface area (Å²) >= 11 is 0. The summed E-state index contributed by atoms with van der Waals surface area (Å²) in [6.07, 6.45) is 1.87. The highest BCUT2D eigenvalue weighted by molar-refractivity contribution is 5.76. The summed E-state index contributed by atoms with van der Waals surface area (Å²) in [4.78, 5) is 30.6. The van der Waals surface area contributed by atoms with Crippen LogP contribution in [-0.4, -0.2) is 29.7 Å². The zero-order valence-electron chi connectivity index (χ0n) is 17.3. The van der Waals surface area contributed by atoms with Gasteiger partial charge in [-0.1, -0.05) is 26.0 Å². The van der Waals surface area contributed by atoms with Gasteiger partial charge >= 0.3 is 5.69 Å². The minimum absolute atomic E-state index is 0.172. The number of ether oxygens (including phenoxy) is 1. The van der Waals surface area contributed by atoms with Crippen molar-refractivity contribution in [2.24, 2.45) is 13.0 Å². The molecule has 4 aromatic rings. The molecular formula is C21H25N5O3. The highest BCUT2D eigenvalue weighted by Gasteiger charge is 2.22. The summed E-state index contributed by atoms with van der Waals surface area (Å²) in [5, 5.41) is 0. The molecule has 0 fully saturated rings. The van der Waals surface area contributed by atoms with Gasteiger partial charge in [-0.15, -0.1) is 0 Å². The van der Waals surface area contributed by atoms with Crippen LogP contribution in [0, 0.1) is 12.8 Å². The van der Waals surface area contributed by atoms with E-state index in [1.165, 1.54) is 9.13 Å². The minimum atomic E-state index is -0.352. The summed E-state index contributed by atoms with van der Waals surface area (Å²) in [7, 11) is 1.65. The number of fused-ring (bicyclic) bond motifs is 3. The second-order valence-corrected chi connectivity index (χ2v) is 7.61. The fourth-order valence-electron chi connectivity index (χ4n) is 3.75. The van der Waals surface area contributed by atoms with E-state index in [1.54, 1.807) is 11.4 Å². The maximum atomic E-state index is 13.2. The molecule has 0 saturated carbocycles. The molecule has 29 heavy (non-hydrogen) atoms. The molecule has 4 rings (SSSR count). The lowest BCUT2D eigenvalue weighted by atomic mass is 10.2. The Hall–Kier alpha value is -3.29. The van der Waals surface area contributed by atoms with E-state index in [2.05, 4.69) is 4.98 Å². The molecule has 152 valence electrons. The second-order valence-electron chi connectivity index (χ2n) is 7.61. The van der Waals surface area contributed by atoms with Crippen molar-refractivity contribution in [3.05, 3.63) is 57.0 Å². The van der Waals surface area contributed by atoms with Gasteiger partial charge in [-0.2, -0.15) is 4.98 Å². The van der Waals surface area contributed by atoms with Crippen LogP contribution < -0.4 is 16.0 Å². The molecule has 0 unspecified atom stereocenters. The Kier molecular flexibility index (Phi) is 4.56. The summed E-state index contributed by atoms with van der Waals surface area (Å²) < 4.78 is 12.2.